The predicted molar refractivity (Wildman–Crippen MR) is 98.6 cm³/mol. The van der Waals surface area contributed by atoms with Crippen LogP contribution >= 0.6 is 0 Å². The van der Waals surface area contributed by atoms with Crippen molar-refractivity contribution in [3.8, 4) is 17.1 Å². The Hall–Kier alpha value is -2.95. The van der Waals surface area contributed by atoms with Gasteiger partial charge in [-0.15, -0.1) is 5.10 Å². The molecule has 0 saturated carbocycles. The van der Waals surface area contributed by atoms with Crippen molar-refractivity contribution in [2.75, 3.05) is 13.6 Å². The number of nitrogens with zero attached hydrogens (tertiary/aromatic N) is 4. The normalized spacial score (nSPS) is 10.9. The number of para-hydroxylation sites is 1. The zero-order valence-electron chi connectivity index (χ0n) is 14.8. The monoisotopic (exact) mass is 334 g/mol. The van der Waals surface area contributed by atoms with Crippen LogP contribution in [0, 0.1) is 5.92 Å². The Labute approximate surface area is 147 Å². The van der Waals surface area contributed by atoms with E-state index in [0.717, 1.165) is 11.3 Å². The number of aromatic nitrogens is 3. The minimum Gasteiger partial charge on any atom is -0.339 e. The van der Waals surface area contributed by atoms with Crippen molar-refractivity contribution in [3.05, 3.63) is 66.5 Å². The summed E-state index contributed by atoms with van der Waals surface area (Å²) < 4.78 is 1.73. The van der Waals surface area contributed by atoms with Crippen LogP contribution in [0.15, 0.2) is 60.7 Å². The second kappa shape index (κ2) is 7.30. The van der Waals surface area contributed by atoms with Gasteiger partial charge in [-0.1, -0.05) is 62.4 Å². The van der Waals surface area contributed by atoms with E-state index < -0.39 is 0 Å². The molecule has 1 aromatic heterocycles. The van der Waals surface area contributed by atoms with Gasteiger partial charge in [0.25, 0.3) is 5.91 Å². The fourth-order valence-electron chi connectivity index (χ4n) is 2.73. The zero-order valence-corrected chi connectivity index (χ0v) is 14.8. The summed E-state index contributed by atoms with van der Waals surface area (Å²) in [6.45, 7) is 4.82. The fourth-order valence-corrected chi connectivity index (χ4v) is 2.73. The quantitative estimate of drug-likeness (QED) is 0.715. The van der Waals surface area contributed by atoms with Crippen LogP contribution in [0.25, 0.3) is 17.1 Å². The zero-order chi connectivity index (χ0) is 17.8. The van der Waals surface area contributed by atoms with E-state index in [0.29, 0.717) is 18.3 Å². The molecule has 0 radical (unpaired) electrons. The van der Waals surface area contributed by atoms with Gasteiger partial charge in [0.05, 0.1) is 5.69 Å². The first kappa shape index (κ1) is 16.9. The number of hydrogen-bond acceptors (Lipinski definition) is 3. The lowest BCUT2D eigenvalue weighted by Crippen LogP contribution is -2.31. The molecule has 1 heterocycles. The minimum absolute atomic E-state index is 0.166. The van der Waals surface area contributed by atoms with Crippen LogP contribution < -0.4 is 0 Å². The van der Waals surface area contributed by atoms with Gasteiger partial charge in [-0.25, -0.2) is 9.67 Å². The summed E-state index contributed by atoms with van der Waals surface area (Å²) >= 11 is 0. The number of carbonyl (C=O) groups is 1. The van der Waals surface area contributed by atoms with Gasteiger partial charge in [0.2, 0.25) is 5.82 Å². The lowest BCUT2D eigenvalue weighted by atomic mass is 10.2. The van der Waals surface area contributed by atoms with Crippen LogP contribution in [0.4, 0.5) is 0 Å². The molecule has 0 aliphatic heterocycles. The van der Waals surface area contributed by atoms with E-state index in [1.807, 2.05) is 60.7 Å². The number of rotatable bonds is 5. The van der Waals surface area contributed by atoms with E-state index in [4.69, 9.17) is 0 Å². The summed E-state index contributed by atoms with van der Waals surface area (Å²) in [6, 6.07) is 19.5. The highest BCUT2D eigenvalue weighted by Gasteiger charge is 2.21. The standard InChI is InChI=1S/C20H22N4O/c1-15(2)14-23(3)20(25)18-21-19(16-10-6-4-7-11-16)24(22-18)17-12-8-5-9-13-17/h4-13,15H,14H2,1-3H3. The van der Waals surface area contributed by atoms with Gasteiger partial charge >= 0.3 is 0 Å². The molecule has 0 fully saturated rings. The average Bonchev–Trinajstić information content (AvgIpc) is 3.07. The fraction of sp³-hybridized carbons (Fsp3) is 0.250. The number of hydrogen-bond donors (Lipinski definition) is 0. The molecular formula is C20H22N4O. The molecule has 2 aromatic carbocycles. The van der Waals surface area contributed by atoms with Gasteiger partial charge in [0.15, 0.2) is 5.82 Å². The number of amides is 1. The summed E-state index contributed by atoms with van der Waals surface area (Å²) in [6.07, 6.45) is 0. The van der Waals surface area contributed by atoms with E-state index in [9.17, 15) is 4.79 Å². The molecule has 1 amide bonds. The minimum atomic E-state index is -0.166. The molecule has 128 valence electrons. The molecule has 0 unspecified atom stereocenters. The molecule has 0 N–H and O–H groups in total. The smallest absolute Gasteiger partial charge is 0.293 e. The van der Waals surface area contributed by atoms with Crippen molar-refractivity contribution in [2.24, 2.45) is 5.92 Å². The lowest BCUT2D eigenvalue weighted by molar-refractivity contribution is 0.0767. The van der Waals surface area contributed by atoms with Crippen molar-refractivity contribution in [2.45, 2.75) is 13.8 Å². The van der Waals surface area contributed by atoms with Crippen LogP contribution in [-0.4, -0.2) is 39.2 Å². The topological polar surface area (TPSA) is 51.0 Å². The third-order valence-electron chi connectivity index (χ3n) is 3.82. The maximum atomic E-state index is 12.7. The van der Waals surface area contributed by atoms with Crippen LogP contribution in [0.1, 0.15) is 24.5 Å². The molecule has 0 spiro atoms. The highest BCUT2D eigenvalue weighted by Crippen LogP contribution is 2.21. The van der Waals surface area contributed by atoms with Crippen molar-refractivity contribution >= 4 is 5.91 Å². The molecular weight excluding hydrogens is 312 g/mol. The van der Waals surface area contributed by atoms with Crippen LogP contribution in [-0.2, 0) is 0 Å². The van der Waals surface area contributed by atoms with Crippen molar-refractivity contribution in [3.63, 3.8) is 0 Å². The van der Waals surface area contributed by atoms with Gasteiger partial charge < -0.3 is 4.90 Å². The van der Waals surface area contributed by atoms with E-state index in [1.54, 1.807) is 16.6 Å². The first-order chi connectivity index (χ1) is 12.1. The van der Waals surface area contributed by atoms with Gasteiger partial charge in [-0.05, 0) is 18.1 Å². The predicted octanol–water partition coefficient (Wildman–Crippen LogP) is 3.66. The second-order valence-electron chi connectivity index (χ2n) is 6.45. The molecule has 0 bridgehead atoms. The molecule has 5 heteroatoms. The largest absolute Gasteiger partial charge is 0.339 e. The number of carbonyl (C=O) groups excluding carboxylic acids is 1. The summed E-state index contributed by atoms with van der Waals surface area (Å²) in [5.41, 5.74) is 1.80. The Morgan fingerprint density at radius 2 is 1.64 bits per heavy atom. The number of benzene rings is 2. The Balaban J connectivity index is 2.05. The van der Waals surface area contributed by atoms with Gasteiger partial charge in [0, 0.05) is 19.2 Å². The molecule has 0 atom stereocenters. The van der Waals surface area contributed by atoms with Crippen molar-refractivity contribution in [1.29, 1.82) is 0 Å². The highest BCUT2D eigenvalue weighted by atomic mass is 16.2. The molecule has 0 aliphatic carbocycles. The third-order valence-corrected chi connectivity index (χ3v) is 3.82. The Morgan fingerprint density at radius 1 is 1.04 bits per heavy atom. The van der Waals surface area contributed by atoms with Gasteiger partial charge in [0.1, 0.15) is 0 Å². The van der Waals surface area contributed by atoms with E-state index >= 15 is 0 Å². The molecule has 0 saturated heterocycles. The van der Waals surface area contributed by atoms with E-state index in [-0.39, 0.29) is 11.7 Å². The van der Waals surface area contributed by atoms with Crippen molar-refractivity contribution in [1.82, 2.24) is 19.7 Å². The molecule has 3 aromatic rings. The third kappa shape index (κ3) is 3.76. The molecule has 3 rings (SSSR count). The second-order valence-corrected chi connectivity index (χ2v) is 6.45. The first-order valence-corrected chi connectivity index (χ1v) is 8.39. The van der Waals surface area contributed by atoms with Crippen LogP contribution in [0.5, 0.6) is 0 Å². The summed E-state index contributed by atoms with van der Waals surface area (Å²) in [5, 5.41) is 4.50. The van der Waals surface area contributed by atoms with Gasteiger partial charge in [-0.2, -0.15) is 0 Å². The lowest BCUT2D eigenvalue weighted by Gasteiger charge is -2.17. The van der Waals surface area contributed by atoms with Crippen LogP contribution in [0.3, 0.4) is 0 Å². The molecule has 25 heavy (non-hydrogen) atoms. The van der Waals surface area contributed by atoms with Crippen LogP contribution in [0.2, 0.25) is 0 Å². The summed E-state index contributed by atoms with van der Waals surface area (Å²) in [4.78, 5) is 18.9. The van der Waals surface area contributed by atoms with Gasteiger partial charge in [-0.3, -0.25) is 4.79 Å². The maximum Gasteiger partial charge on any atom is 0.293 e. The highest BCUT2D eigenvalue weighted by molar-refractivity contribution is 5.90. The van der Waals surface area contributed by atoms with E-state index in [1.165, 1.54) is 0 Å². The molecule has 5 nitrogen and oxygen atoms in total. The van der Waals surface area contributed by atoms with E-state index in [2.05, 4.69) is 23.9 Å². The maximum absolute atomic E-state index is 12.7. The Morgan fingerprint density at radius 3 is 2.24 bits per heavy atom. The Bertz CT molecular complexity index is 784. The average molecular weight is 334 g/mol. The van der Waals surface area contributed by atoms with Crippen molar-refractivity contribution < 1.29 is 4.79 Å². The SMILES string of the molecule is CC(C)CN(C)C(=O)c1nc(-c2ccccc2)n(-c2ccccc2)n1. The first-order valence-electron chi connectivity index (χ1n) is 8.39. The molecule has 0 aliphatic rings. The summed E-state index contributed by atoms with van der Waals surface area (Å²) in [5.74, 6) is 1.10. The summed E-state index contributed by atoms with van der Waals surface area (Å²) in [7, 11) is 1.79. The Kier molecular flexibility index (Phi) is 4.93.